The molecule has 1 heterocycles. The van der Waals surface area contributed by atoms with Gasteiger partial charge in [-0.3, -0.25) is 10.1 Å². The minimum atomic E-state index is -0.350. The molecular weight excluding hydrogens is 272 g/mol. The molecule has 1 aromatic heterocycles. The van der Waals surface area contributed by atoms with Gasteiger partial charge in [-0.15, -0.1) is 11.3 Å². The van der Waals surface area contributed by atoms with E-state index in [-0.39, 0.29) is 22.6 Å². The predicted octanol–water partition coefficient (Wildman–Crippen LogP) is 3.71. The number of rotatable bonds is 2. The number of carbonyl (C=O) groups excluding carboxylic acids is 1. The van der Waals surface area contributed by atoms with Crippen LogP contribution in [-0.2, 0) is 5.41 Å². The van der Waals surface area contributed by atoms with Crippen LogP contribution < -0.4 is 5.32 Å². The Balaban J connectivity index is 2.23. The van der Waals surface area contributed by atoms with E-state index in [4.69, 9.17) is 0 Å². The van der Waals surface area contributed by atoms with Crippen molar-refractivity contribution < 1.29 is 9.90 Å². The lowest BCUT2D eigenvalue weighted by atomic mass is 9.94. The summed E-state index contributed by atoms with van der Waals surface area (Å²) < 4.78 is 0. The number of benzene rings is 1. The normalized spacial score (nSPS) is 11.4. The second kappa shape index (κ2) is 5.25. The van der Waals surface area contributed by atoms with Crippen LogP contribution in [0.1, 0.15) is 41.7 Å². The average molecular weight is 290 g/mol. The highest BCUT2D eigenvalue weighted by Gasteiger charge is 2.22. The van der Waals surface area contributed by atoms with E-state index in [1.54, 1.807) is 18.2 Å². The molecule has 0 radical (unpaired) electrons. The van der Waals surface area contributed by atoms with E-state index in [2.05, 4.69) is 31.1 Å². The van der Waals surface area contributed by atoms with Gasteiger partial charge in [0.25, 0.3) is 5.91 Å². The number of phenolic OH excluding ortho intramolecular Hbond substituents is 1. The van der Waals surface area contributed by atoms with Crippen molar-refractivity contribution in [3.05, 3.63) is 40.4 Å². The second-order valence-electron chi connectivity index (χ2n) is 5.65. The van der Waals surface area contributed by atoms with Gasteiger partial charge >= 0.3 is 0 Å². The number of carbonyl (C=O) groups is 1. The van der Waals surface area contributed by atoms with Gasteiger partial charge in [0.1, 0.15) is 5.75 Å². The molecule has 20 heavy (non-hydrogen) atoms. The first kappa shape index (κ1) is 14.5. The molecule has 0 bridgehead atoms. The third-order valence-electron chi connectivity index (χ3n) is 2.85. The maximum atomic E-state index is 12.1. The third kappa shape index (κ3) is 2.99. The number of aromatic hydroxyl groups is 1. The van der Waals surface area contributed by atoms with Gasteiger partial charge in [0, 0.05) is 4.88 Å². The molecule has 1 amide bonds. The van der Waals surface area contributed by atoms with Crippen LogP contribution in [0.15, 0.2) is 24.3 Å². The lowest BCUT2D eigenvalue weighted by Crippen LogP contribution is -2.11. The molecule has 0 atom stereocenters. The number of para-hydroxylation sites is 1. The van der Waals surface area contributed by atoms with Crippen LogP contribution in [0.3, 0.4) is 0 Å². The number of amides is 1. The van der Waals surface area contributed by atoms with Crippen LogP contribution in [-0.4, -0.2) is 16.0 Å². The van der Waals surface area contributed by atoms with Crippen molar-refractivity contribution >= 4 is 22.4 Å². The molecule has 0 aliphatic rings. The number of hydrogen-bond acceptors (Lipinski definition) is 4. The Hall–Kier alpha value is -1.88. The van der Waals surface area contributed by atoms with E-state index in [1.165, 1.54) is 17.4 Å². The highest BCUT2D eigenvalue weighted by Crippen LogP contribution is 2.33. The Morgan fingerprint density at radius 2 is 1.95 bits per heavy atom. The number of hydrogen-bond donors (Lipinski definition) is 2. The third-order valence-corrected chi connectivity index (χ3v) is 4.35. The predicted molar refractivity (Wildman–Crippen MR) is 81.6 cm³/mol. The zero-order valence-corrected chi connectivity index (χ0v) is 12.8. The van der Waals surface area contributed by atoms with Crippen LogP contribution in [0.25, 0.3) is 0 Å². The van der Waals surface area contributed by atoms with Crippen LogP contribution >= 0.6 is 11.3 Å². The number of nitrogens with zero attached hydrogens (tertiary/aromatic N) is 1. The molecule has 0 saturated carbocycles. The molecule has 0 spiro atoms. The maximum absolute atomic E-state index is 12.1. The topological polar surface area (TPSA) is 62.2 Å². The van der Waals surface area contributed by atoms with Gasteiger partial charge in [0.15, 0.2) is 5.13 Å². The molecule has 106 valence electrons. The van der Waals surface area contributed by atoms with E-state index in [0.717, 1.165) is 10.6 Å². The molecule has 0 unspecified atom stereocenters. The minimum Gasteiger partial charge on any atom is -0.507 e. The standard InChI is InChI=1S/C15H18N2O2S/c1-9-12(15(2,3)4)20-14(16-9)17-13(19)10-7-5-6-8-11(10)18/h5-8,18H,1-4H3,(H,16,17,19). The molecule has 2 aromatic rings. The zero-order chi connectivity index (χ0) is 14.9. The van der Waals surface area contributed by atoms with Crippen LogP contribution in [0, 0.1) is 6.92 Å². The van der Waals surface area contributed by atoms with E-state index in [9.17, 15) is 9.90 Å². The summed E-state index contributed by atoms with van der Waals surface area (Å²) in [5.74, 6) is -0.383. The fourth-order valence-corrected chi connectivity index (χ4v) is 2.99. The van der Waals surface area contributed by atoms with Crippen molar-refractivity contribution in [2.75, 3.05) is 5.32 Å². The highest BCUT2D eigenvalue weighted by molar-refractivity contribution is 7.16. The molecular formula is C15H18N2O2S. The minimum absolute atomic E-state index is 0.000384. The molecule has 0 fully saturated rings. The number of thiazole rings is 1. The van der Waals surface area contributed by atoms with Crippen molar-refractivity contribution in [3.8, 4) is 5.75 Å². The van der Waals surface area contributed by atoms with Gasteiger partial charge in [0.05, 0.1) is 11.3 Å². The van der Waals surface area contributed by atoms with Crippen LogP contribution in [0.4, 0.5) is 5.13 Å². The van der Waals surface area contributed by atoms with Gasteiger partial charge < -0.3 is 5.11 Å². The Bertz CT molecular complexity index is 642. The summed E-state index contributed by atoms with van der Waals surface area (Å²) in [6, 6.07) is 6.46. The van der Waals surface area contributed by atoms with Crippen molar-refractivity contribution in [2.45, 2.75) is 33.1 Å². The van der Waals surface area contributed by atoms with E-state index in [1.807, 2.05) is 6.92 Å². The Morgan fingerprint density at radius 1 is 1.30 bits per heavy atom. The quantitative estimate of drug-likeness (QED) is 0.886. The number of aromatic nitrogens is 1. The summed E-state index contributed by atoms with van der Waals surface area (Å²) in [6.45, 7) is 8.28. The highest BCUT2D eigenvalue weighted by atomic mass is 32.1. The summed E-state index contributed by atoms with van der Waals surface area (Å²) in [6.07, 6.45) is 0. The van der Waals surface area contributed by atoms with Crippen molar-refractivity contribution in [2.24, 2.45) is 0 Å². The molecule has 2 N–H and O–H groups in total. The monoisotopic (exact) mass is 290 g/mol. The Labute approximate surface area is 122 Å². The van der Waals surface area contributed by atoms with Gasteiger partial charge in [-0.1, -0.05) is 32.9 Å². The summed E-state index contributed by atoms with van der Waals surface area (Å²) in [4.78, 5) is 17.6. The molecule has 4 nitrogen and oxygen atoms in total. The fourth-order valence-electron chi connectivity index (χ4n) is 1.98. The SMILES string of the molecule is Cc1nc(NC(=O)c2ccccc2O)sc1C(C)(C)C. The smallest absolute Gasteiger partial charge is 0.261 e. The number of anilines is 1. The number of nitrogens with one attached hydrogen (secondary N) is 1. The number of phenols is 1. The lowest BCUT2D eigenvalue weighted by Gasteiger charge is -2.16. The summed E-state index contributed by atoms with van der Waals surface area (Å²) in [5, 5.41) is 13.0. The second-order valence-corrected chi connectivity index (χ2v) is 6.65. The van der Waals surface area contributed by atoms with Gasteiger partial charge in [0.2, 0.25) is 0 Å². The first-order valence-corrected chi connectivity index (χ1v) is 7.18. The first-order chi connectivity index (χ1) is 9.29. The lowest BCUT2D eigenvalue weighted by molar-refractivity contribution is 0.102. The molecule has 0 saturated heterocycles. The van der Waals surface area contributed by atoms with Crippen LogP contribution in [0.5, 0.6) is 5.75 Å². The Kier molecular flexibility index (Phi) is 3.81. The molecule has 0 aliphatic heterocycles. The maximum Gasteiger partial charge on any atom is 0.261 e. The van der Waals surface area contributed by atoms with Crippen molar-refractivity contribution in [1.29, 1.82) is 0 Å². The average Bonchev–Trinajstić information content (AvgIpc) is 2.70. The van der Waals surface area contributed by atoms with Gasteiger partial charge in [-0.2, -0.15) is 0 Å². The van der Waals surface area contributed by atoms with Crippen molar-refractivity contribution in [1.82, 2.24) is 4.98 Å². The summed E-state index contributed by atoms with van der Waals surface area (Å²) in [7, 11) is 0. The Morgan fingerprint density at radius 3 is 2.50 bits per heavy atom. The van der Waals surface area contributed by atoms with E-state index >= 15 is 0 Å². The zero-order valence-electron chi connectivity index (χ0n) is 12.0. The molecule has 1 aromatic carbocycles. The molecule has 0 aliphatic carbocycles. The number of aryl methyl sites for hydroxylation is 1. The van der Waals surface area contributed by atoms with Gasteiger partial charge in [-0.05, 0) is 24.5 Å². The molecule has 5 heteroatoms. The fraction of sp³-hybridized carbons (Fsp3) is 0.333. The molecule has 2 rings (SSSR count). The van der Waals surface area contributed by atoms with E-state index < -0.39 is 0 Å². The van der Waals surface area contributed by atoms with Crippen molar-refractivity contribution in [3.63, 3.8) is 0 Å². The van der Waals surface area contributed by atoms with Gasteiger partial charge in [-0.25, -0.2) is 4.98 Å². The largest absolute Gasteiger partial charge is 0.507 e. The first-order valence-electron chi connectivity index (χ1n) is 6.36. The summed E-state index contributed by atoms with van der Waals surface area (Å²) >= 11 is 1.47. The van der Waals surface area contributed by atoms with E-state index in [0.29, 0.717) is 5.13 Å². The van der Waals surface area contributed by atoms with Crippen LogP contribution in [0.2, 0.25) is 0 Å². The summed E-state index contributed by atoms with van der Waals surface area (Å²) in [5.41, 5.74) is 1.17.